The minimum absolute atomic E-state index is 0.00637. The Morgan fingerprint density at radius 1 is 1.31 bits per heavy atom. The molecule has 1 heterocycles. The molecule has 2 amide bonds. The molecule has 6 nitrogen and oxygen atoms in total. The second-order valence-electron chi connectivity index (χ2n) is 7.31. The molecule has 29 heavy (non-hydrogen) atoms. The zero-order valence-corrected chi connectivity index (χ0v) is 16.9. The molecule has 1 atom stereocenters. The fourth-order valence-corrected chi connectivity index (χ4v) is 3.14. The molecule has 3 rings (SSSR count). The van der Waals surface area contributed by atoms with Gasteiger partial charge in [-0.05, 0) is 61.4 Å². The van der Waals surface area contributed by atoms with Gasteiger partial charge in [-0.2, -0.15) is 0 Å². The molecule has 1 aliphatic rings. The van der Waals surface area contributed by atoms with Gasteiger partial charge in [-0.15, -0.1) is 0 Å². The molecule has 1 N–H and O–H groups in total. The van der Waals surface area contributed by atoms with Gasteiger partial charge < -0.3 is 19.8 Å². The Morgan fingerprint density at radius 2 is 2.07 bits per heavy atom. The van der Waals surface area contributed by atoms with Gasteiger partial charge in [-0.25, -0.2) is 9.18 Å². The lowest BCUT2D eigenvalue weighted by Gasteiger charge is -2.26. The lowest BCUT2D eigenvalue weighted by molar-refractivity contribution is 0.0586. The number of carbonyl (C=O) groups excluding carboxylic acids is 1. The molecule has 0 spiro atoms. The van der Waals surface area contributed by atoms with Crippen molar-refractivity contribution in [2.24, 2.45) is 5.16 Å². The fraction of sp³-hybridized carbons (Fsp3) is 0.364. The number of urea groups is 1. The number of hydrogen-bond donors (Lipinski definition) is 1. The van der Waals surface area contributed by atoms with Crippen molar-refractivity contribution in [3.63, 3.8) is 0 Å². The van der Waals surface area contributed by atoms with Crippen molar-refractivity contribution in [2.45, 2.75) is 39.0 Å². The SMILES string of the molecule is COc1ccc(C2=NO[C@H](CN(Cc3cccc(F)c3)C(=O)NC(C)C)C2)cc1. The molecule has 0 aromatic heterocycles. The van der Waals surface area contributed by atoms with Gasteiger partial charge in [0.05, 0.1) is 19.4 Å². The van der Waals surface area contributed by atoms with Crippen LogP contribution in [0.4, 0.5) is 9.18 Å². The van der Waals surface area contributed by atoms with E-state index in [2.05, 4.69) is 10.5 Å². The Hall–Kier alpha value is -3.09. The Kier molecular flexibility index (Phi) is 6.69. The molecule has 0 radical (unpaired) electrons. The molecule has 1 aliphatic heterocycles. The number of ether oxygens (including phenoxy) is 1. The van der Waals surface area contributed by atoms with Crippen molar-refractivity contribution in [2.75, 3.05) is 13.7 Å². The van der Waals surface area contributed by atoms with Gasteiger partial charge in [0.1, 0.15) is 11.6 Å². The van der Waals surface area contributed by atoms with Gasteiger partial charge in [0.2, 0.25) is 0 Å². The Morgan fingerprint density at radius 3 is 2.72 bits per heavy atom. The molecule has 154 valence electrons. The minimum atomic E-state index is -0.325. The van der Waals surface area contributed by atoms with Crippen molar-refractivity contribution in [1.29, 1.82) is 0 Å². The maximum Gasteiger partial charge on any atom is 0.318 e. The smallest absolute Gasteiger partial charge is 0.318 e. The van der Waals surface area contributed by atoms with E-state index >= 15 is 0 Å². The summed E-state index contributed by atoms with van der Waals surface area (Å²) in [6, 6.07) is 13.6. The maximum absolute atomic E-state index is 13.6. The summed E-state index contributed by atoms with van der Waals surface area (Å²) in [6.45, 7) is 4.43. The highest BCUT2D eigenvalue weighted by Crippen LogP contribution is 2.21. The highest BCUT2D eigenvalue weighted by atomic mass is 19.1. The standard InChI is InChI=1S/C22H26FN3O3/c1-15(2)24-22(27)26(13-16-5-4-6-18(23)11-16)14-20-12-21(25-29-20)17-7-9-19(28-3)10-8-17/h4-11,15,20H,12-14H2,1-3H3,(H,24,27)/t20-/m0/s1. The van der Waals surface area contributed by atoms with E-state index in [1.54, 1.807) is 24.1 Å². The summed E-state index contributed by atoms with van der Waals surface area (Å²) >= 11 is 0. The second kappa shape index (κ2) is 9.41. The average molecular weight is 399 g/mol. The zero-order chi connectivity index (χ0) is 20.8. The number of halogens is 1. The van der Waals surface area contributed by atoms with Crippen molar-refractivity contribution in [3.05, 3.63) is 65.5 Å². The van der Waals surface area contributed by atoms with E-state index < -0.39 is 0 Å². The van der Waals surface area contributed by atoms with Gasteiger partial charge in [0.15, 0.2) is 6.10 Å². The minimum Gasteiger partial charge on any atom is -0.497 e. The first-order valence-corrected chi connectivity index (χ1v) is 9.61. The number of benzene rings is 2. The molecule has 2 aromatic rings. The molecule has 2 aromatic carbocycles. The van der Waals surface area contributed by atoms with Crippen LogP contribution in [0.3, 0.4) is 0 Å². The maximum atomic E-state index is 13.6. The zero-order valence-electron chi connectivity index (χ0n) is 16.9. The van der Waals surface area contributed by atoms with E-state index in [0.29, 0.717) is 13.0 Å². The van der Waals surface area contributed by atoms with Crippen LogP contribution in [-0.4, -0.2) is 42.4 Å². The Bertz CT molecular complexity index is 868. The monoisotopic (exact) mass is 399 g/mol. The number of hydrogen-bond acceptors (Lipinski definition) is 4. The van der Waals surface area contributed by atoms with Crippen LogP contribution in [0.2, 0.25) is 0 Å². The van der Waals surface area contributed by atoms with E-state index in [0.717, 1.165) is 22.6 Å². The predicted molar refractivity (Wildman–Crippen MR) is 109 cm³/mol. The quantitative estimate of drug-likeness (QED) is 0.767. The predicted octanol–water partition coefficient (Wildman–Crippen LogP) is 3.95. The van der Waals surface area contributed by atoms with E-state index in [9.17, 15) is 9.18 Å². The third-order valence-electron chi connectivity index (χ3n) is 4.54. The van der Waals surface area contributed by atoms with Crippen LogP contribution >= 0.6 is 0 Å². The van der Waals surface area contributed by atoms with E-state index in [1.807, 2.05) is 38.1 Å². The second-order valence-corrected chi connectivity index (χ2v) is 7.31. The highest BCUT2D eigenvalue weighted by molar-refractivity contribution is 6.01. The number of nitrogens with one attached hydrogen (secondary N) is 1. The molecular formula is C22H26FN3O3. The van der Waals surface area contributed by atoms with Gasteiger partial charge >= 0.3 is 6.03 Å². The number of rotatable bonds is 7. The van der Waals surface area contributed by atoms with Crippen molar-refractivity contribution in [1.82, 2.24) is 10.2 Å². The third kappa shape index (κ3) is 5.70. The number of methoxy groups -OCH3 is 1. The number of carbonyl (C=O) groups is 1. The molecule has 0 saturated carbocycles. The van der Waals surface area contributed by atoms with Gasteiger partial charge in [0, 0.05) is 19.0 Å². The first kappa shape index (κ1) is 20.6. The summed E-state index contributed by atoms with van der Waals surface area (Å²) in [6.07, 6.45) is 0.319. The van der Waals surface area contributed by atoms with Crippen molar-refractivity contribution in [3.8, 4) is 5.75 Å². The number of nitrogens with zero attached hydrogens (tertiary/aromatic N) is 2. The van der Waals surface area contributed by atoms with Crippen LogP contribution in [-0.2, 0) is 11.4 Å². The van der Waals surface area contributed by atoms with Crippen LogP contribution in [0.1, 0.15) is 31.4 Å². The summed E-state index contributed by atoms with van der Waals surface area (Å²) in [5.41, 5.74) is 2.50. The summed E-state index contributed by atoms with van der Waals surface area (Å²) < 4.78 is 18.7. The number of oxime groups is 1. The topological polar surface area (TPSA) is 63.2 Å². The van der Waals surface area contributed by atoms with Crippen molar-refractivity contribution < 1.29 is 18.8 Å². The molecule has 0 fully saturated rings. The normalized spacial score (nSPS) is 15.6. The average Bonchev–Trinajstić information content (AvgIpc) is 3.15. The third-order valence-corrected chi connectivity index (χ3v) is 4.54. The fourth-order valence-electron chi connectivity index (χ4n) is 3.14. The largest absolute Gasteiger partial charge is 0.497 e. The molecule has 7 heteroatoms. The number of amides is 2. The van der Waals surface area contributed by atoms with Gasteiger partial charge in [0.25, 0.3) is 0 Å². The Balaban J connectivity index is 1.66. The van der Waals surface area contributed by atoms with Crippen LogP contribution < -0.4 is 10.1 Å². The van der Waals surface area contributed by atoms with Crippen LogP contribution in [0.25, 0.3) is 0 Å². The lowest BCUT2D eigenvalue weighted by Crippen LogP contribution is -2.45. The summed E-state index contributed by atoms with van der Waals surface area (Å²) in [5, 5.41) is 7.09. The van der Waals surface area contributed by atoms with E-state index in [-0.39, 0.29) is 30.5 Å². The van der Waals surface area contributed by atoms with Crippen LogP contribution in [0, 0.1) is 5.82 Å². The van der Waals surface area contributed by atoms with Gasteiger partial charge in [-0.3, -0.25) is 0 Å². The first-order chi connectivity index (χ1) is 13.9. The van der Waals surface area contributed by atoms with E-state index in [4.69, 9.17) is 9.57 Å². The van der Waals surface area contributed by atoms with Crippen LogP contribution in [0.5, 0.6) is 5.75 Å². The molecule has 0 aliphatic carbocycles. The van der Waals surface area contributed by atoms with Gasteiger partial charge in [-0.1, -0.05) is 17.3 Å². The Labute approximate surface area is 170 Å². The molecular weight excluding hydrogens is 373 g/mol. The van der Waals surface area contributed by atoms with Crippen LogP contribution in [0.15, 0.2) is 53.7 Å². The summed E-state index contributed by atoms with van der Waals surface area (Å²) in [4.78, 5) is 19.9. The van der Waals surface area contributed by atoms with Crippen molar-refractivity contribution >= 4 is 11.7 Å². The molecule has 0 bridgehead atoms. The van der Waals surface area contributed by atoms with E-state index in [1.165, 1.54) is 12.1 Å². The summed E-state index contributed by atoms with van der Waals surface area (Å²) in [7, 11) is 1.62. The molecule has 0 unspecified atom stereocenters. The molecule has 0 saturated heterocycles. The summed E-state index contributed by atoms with van der Waals surface area (Å²) in [5.74, 6) is 0.449. The first-order valence-electron chi connectivity index (χ1n) is 9.61. The lowest BCUT2D eigenvalue weighted by atomic mass is 10.0. The highest BCUT2D eigenvalue weighted by Gasteiger charge is 2.27.